The van der Waals surface area contributed by atoms with E-state index >= 15 is 0 Å². The summed E-state index contributed by atoms with van der Waals surface area (Å²) < 4.78 is 5.62. The molecule has 33 heavy (non-hydrogen) atoms. The van der Waals surface area contributed by atoms with Gasteiger partial charge in [-0.1, -0.05) is 48.5 Å². The molecule has 0 aliphatic heterocycles. The number of nitrogens with zero attached hydrogens (tertiary/aromatic N) is 1. The maximum atomic E-state index is 13.0. The molecule has 0 radical (unpaired) electrons. The van der Waals surface area contributed by atoms with Crippen LogP contribution in [-0.4, -0.2) is 53.2 Å². The number of unbranched alkanes of at least 4 members (excludes halogenated alkanes) is 1. The van der Waals surface area contributed by atoms with Gasteiger partial charge in [-0.25, -0.2) is 4.79 Å². The number of likely N-dealkylation sites (N-methyl/N-ethyl adjacent to an activating group) is 1. The molecular weight excluding hydrogens is 420 g/mol. The van der Waals surface area contributed by atoms with Crippen molar-refractivity contribution >= 4 is 18.0 Å². The number of nitrogens with one attached hydrogen (secondary N) is 1. The third kappa shape index (κ3) is 4.87. The highest BCUT2D eigenvalue weighted by Gasteiger charge is 2.53. The van der Waals surface area contributed by atoms with Gasteiger partial charge in [0.15, 0.2) is 0 Å². The number of hydrogen-bond donors (Lipinski definition) is 2. The van der Waals surface area contributed by atoms with Gasteiger partial charge in [0.25, 0.3) is 0 Å². The lowest BCUT2D eigenvalue weighted by atomic mass is 9.98. The van der Waals surface area contributed by atoms with Crippen LogP contribution in [-0.2, 0) is 14.3 Å². The first-order chi connectivity index (χ1) is 15.9. The van der Waals surface area contributed by atoms with Crippen LogP contribution in [0.2, 0.25) is 0 Å². The summed E-state index contributed by atoms with van der Waals surface area (Å²) in [5, 5.41) is 11.6. The lowest BCUT2D eigenvalue weighted by Crippen LogP contribution is -2.51. The Morgan fingerprint density at radius 1 is 1.03 bits per heavy atom. The Hall–Kier alpha value is -3.35. The summed E-state index contributed by atoms with van der Waals surface area (Å²) in [6.07, 6.45) is 1.82. The number of alkyl carbamates (subject to hydrolysis) is 1. The molecule has 0 heterocycles. The smallest absolute Gasteiger partial charge is 0.408 e. The number of ether oxygens (including phenoxy) is 1. The molecule has 1 saturated carbocycles. The average molecular weight is 451 g/mol. The number of carbonyl (C=O) groups is 3. The second-order valence-corrected chi connectivity index (χ2v) is 8.77. The molecular formula is C26H30N2O5. The number of fused-ring (bicyclic) bond motifs is 3. The molecule has 0 unspecified atom stereocenters. The first kappa shape index (κ1) is 22.8. The summed E-state index contributed by atoms with van der Waals surface area (Å²) in [5.41, 5.74) is 3.71. The SMILES string of the molecule is CCN(CCCCC(=O)O)C(=O)C1(NC(=O)OCC2c3ccccc3-c3ccccc32)CC1. The standard InChI is InChI=1S/C26H30N2O5/c1-2-28(16-8-7-13-23(29)30)24(31)26(14-15-26)27-25(32)33-17-22-20-11-5-3-9-18(20)19-10-4-6-12-21(19)22/h3-6,9-12,22H,2,7-8,13-17H2,1H3,(H,27,32)(H,29,30). The van der Waals surface area contributed by atoms with Gasteiger partial charge < -0.3 is 20.1 Å². The van der Waals surface area contributed by atoms with Crippen molar-refractivity contribution < 1.29 is 24.2 Å². The number of rotatable bonds is 10. The zero-order valence-corrected chi connectivity index (χ0v) is 18.9. The summed E-state index contributed by atoms with van der Waals surface area (Å²) in [5.74, 6) is -0.982. The zero-order chi connectivity index (χ0) is 23.4. The van der Waals surface area contributed by atoms with E-state index < -0.39 is 17.6 Å². The molecule has 0 aromatic heterocycles. The normalized spacial score (nSPS) is 15.3. The lowest BCUT2D eigenvalue weighted by Gasteiger charge is -2.27. The van der Waals surface area contributed by atoms with Gasteiger partial charge in [0.05, 0.1) is 0 Å². The van der Waals surface area contributed by atoms with Crippen molar-refractivity contribution in [3.8, 4) is 11.1 Å². The third-order valence-electron chi connectivity index (χ3n) is 6.58. The molecule has 0 atom stereocenters. The minimum Gasteiger partial charge on any atom is -0.481 e. The number of aliphatic carboxylic acids is 1. The van der Waals surface area contributed by atoms with Gasteiger partial charge in [-0.15, -0.1) is 0 Å². The second kappa shape index (κ2) is 9.65. The largest absolute Gasteiger partial charge is 0.481 e. The Morgan fingerprint density at radius 2 is 1.64 bits per heavy atom. The molecule has 2 N–H and O–H groups in total. The first-order valence-corrected chi connectivity index (χ1v) is 11.6. The van der Waals surface area contributed by atoms with Crippen molar-refractivity contribution in [1.82, 2.24) is 10.2 Å². The molecule has 2 amide bonds. The van der Waals surface area contributed by atoms with Crippen molar-refractivity contribution in [1.29, 1.82) is 0 Å². The highest BCUT2D eigenvalue weighted by Crippen LogP contribution is 2.44. The van der Waals surface area contributed by atoms with Gasteiger partial charge in [-0.05, 0) is 54.9 Å². The third-order valence-corrected chi connectivity index (χ3v) is 6.58. The summed E-state index contributed by atoms with van der Waals surface area (Å²) in [6, 6.07) is 16.3. The van der Waals surface area contributed by atoms with Crippen LogP contribution in [0.5, 0.6) is 0 Å². The van der Waals surface area contributed by atoms with Crippen LogP contribution in [0.15, 0.2) is 48.5 Å². The summed E-state index contributed by atoms with van der Waals surface area (Å²) >= 11 is 0. The number of carboxylic acid groups (broad SMARTS) is 1. The topological polar surface area (TPSA) is 95.9 Å². The quantitative estimate of drug-likeness (QED) is 0.530. The fourth-order valence-corrected chi connectivity index (χ4v) is 4.63. The van der Waals surface area contributed by atoms with Gasteiger partial charge in [0.1, 0.15) is 12.1 Å². The van der Waals surface area contributed by atoms with E-state index in [4.69, 9.17) is 9.84 Å². The van der Waals surface area contributed by atoms with Crippen molar-refractivity contribution in [2.45, 2.75) is 50.5 Å². The molecule has 0 spiro atoms. The zero-order valence-electron chi connectivity index (χ0n) is 18.9. The number of hydrogen-bond acceptors (Lipinski definition) is 4. The van der Waals surface area contributed by atoms with Crippen molar-refractivity contribution in [3.05, 3.63) is 59.7 Å². The van der Waals surface area contributed by atoms with Gasteiger partial charge in [-0.2, -0.15) is 0 Å². The van der Waals surface area contributed by atoms with Crippen molar-refractivity contribution in [2.75, 3.05) is 19.7 Å². The lowest BCUT2D eigenvalue weighted by molar-refractivity contribution is -0.137. The molecule has 4 rings (SSSR count). The predicted molar refractivity (Wildman–Crippen MR) is 124 cm³/mol. The number of amides is 2. The van der Waals surface area contributed by atoms with Crippen LogP contribution >= 0.6 is 0 Å². The Labute approximate surface area is 193 Å². The molecule has 2 aromatic rings. The van der Waals surface area contributed by atoms with Crippen LogP contribution < -0.4 is 5.32 Å². The molecule has 2 aromatic carbocycles. The minimum atomic E-state index is -0.897. The van der Waals surface area contributed by atoms with Crippen LogP contribution in [0.1, 0.15) is 56.1 Å². The van der Waals surface area contributed by atoms with E-state index in [2.05, 4.69) is 29.6 Å². The van der Waals surface area contributed by atoms with E-state index in [-0.39, 0.29) is 24.9 Å². The first-order valence-electron chi connectivity index (χ1n) is 11.6. The van der Waals surface area contributed by atoms with E-state index in [0.717, 1.165) is 22.3 Å². The van der Waals surface area contributed by atoms with Crippen molar-refractivity contribution in [2.24, 2.45) is 0 Å². The summed E-state index contributed by atoms with van der Waals surface area (Å²) in [7, 11) is 0. The van der Waals surface area contributed by atoms with Gasteiger partial charge in [0.2, 0.25) is 5.91 Å². The van der Waals surface area contributed by atoms with E-state index in [1.807, 2.05) is 31.2 Å². The molecule has 2 aliphatic rings. The second-order valence-electron chi connectivity index (χ2n) is 8.77. The maximum absolute atomic E-state index is 13.0. The average Bonchev–Trinajstić information content (AvgIpc) is 3.52. The Morgan fingerprint density at radius 3 is 2.18 bits per heavy atom. The number of carbonyl (C=O) groups excluding carboxylic acids is 2. The molecule has 7 heteroatoms. The van der Waals surface area contributed by atoms with E-state index in [9.17, 15) is 14.4 Å². The predicted octanol–water partition coefficient (Wildman–Crippen LogP) is 4.16. The number of benzene rings is 2. The van der Waals surface area contributed by atoms with Gasteiger partial charge in [-0.3, -0.25) is 9.59 Å². The highest BCUT2D eigenvalue weighted by molar-refractivity contribution is 5.93. The van der Waals surface area contributed by atoms with Crippen LogP contribution in [0.4, 0.5) is 4.79 Å². The van der Waals surface area contributed by atoms with Crippen molar-refractivity contribution in [3.63, 3.8) is 0 Å². The Kier molecular flexibility index (Phi) is 6.67. The van der Waals surface area contributed by atoms with Crippen LogP contribution in [0, 0.1) is 0 Å². The molecule has 174 valence electrons. The molecule has 7 nitrogen and oxygen atoms in total. The van der Waals surface area contributed by atoms with E-state index in [1.165, 1.54) is 0 Å². The summed E-state index contributed by atoms with van der Waals surface area (Å²) in [4.78, 5) is 38.1. The summed E-state index contributed by atoms with van der Waals surface area (Å²) in [6.45, 7) is 3.09. The van der Waals surface area contributed by atoms with Gasteiger partial charge in [0, 0.05) is 25.4 Å². The van der Waals surface area contributed by atoms with E-state index in [1.54, 1.807) is 4.90 Å². The molecule has 0 bridgehead atoms. The van der Waals surface area contributed by atoms with Gasteiger partial charge >= 0.3 is 12.1 Å². The Balaban J connectivity index is 1.34. The Bertz CT molecular complexity index is 1000. The molecule has 1 fully saturated rings. The molecule has 0 saturated heterocycles. The number of carboxylic acids is 1. The maximum Gasteiger partial charge on any atom is 0.408 e. The van der Waals surface area contributed by atoms with Crippen LogP contribution in [0.3, 0.4) is 0 Å². The van der Waals surface area contributed by atoms with Crippen LogP contribution in [0.25, 0.3) is 11.1 Å². The van der Waals surface area contributed by atoms with E-state index in [0.29, 0.717) is 38.8 Å². The fraction of sp³-hybridized carbons (Fsp3) is 0.423. The fourth-order valence-electron chi connectivity index (χ4n) is 4.63. The highest BCUT2D eigenvalue weighted by atomic mass is 16.5. The monoisotopic (exact) mass is 450 g/mol. The minimum absolute atomic E-state index is 0.0321. The molecule has 2 aliphatic carbocycles.